The molecule has 1 aromatic carbocycles. The van der Waals surface area contributed by atoms with Crippen LogP contribution in [0.25, 0.3) is 11.1 Å². The molecule has 0 unspecified atom stereocenters. The van der Waals surface area contributed by atoms with Crippen LogP contribution in [0.1, 0.15) is 5.56 Å². The number of hydrogen-bond donors (Lipinski definition) is 3. The molecule has 22 heavy (non-hydrogen) atoms. The second-order valence-electron chi connectivity index (χ2n) is 4.64. The van der Waals surface area contributed by atoms with E-state index in [-0.39, 0.29) is 24.7 Å². The van der Waals surface area contributed by atoms with Crippen LogP contribution in [-0.2, 0) is 21.4 Å². The van der Waals surface area contributed by atoms with E-state index in [1.54, 1.807) is 30.5 Å². The SMILES string of the molecule is Cl.NS(=O)(=O)Nc1ccc(-c2ccnc3c2CC(=O)N3)cc1. The lowest BCUT2D eigenvalue weighted by molar-refractivity contribution is -0.115. The number of fused-ring (bicyclic) bond motifs is 1. The number of nitrogens with zero attached hydrogens (tertiary/aromatic N) is 1. The summed E-state index contributed by atoms with van der Waals surface area (Å²) in [5.74, 6) is 0.488. The Morgan fingerprint density at radius 1 is 1.18 bits per heavy atom. The first kappa shape index (κ1) is 16.2. The average Bonchev–Trinajstić information content (AvgIpc) is 2.78. The molecule has 7 nitrogen and oxygen atoms in total. The first-order valence-electron chi connectivity index (χ1n) is 6.11. The minimum Gasteiger partial charge on any atom is -0.310 e. The number of nitrogens with one attached hydrogen (secondary N) is 2. The first-order chi connectivity index (χ1) is 9.92. The van der Waals surface area contributed by atoms with Gasteiger partial charge < -0.3 is 5.32 Å². The number of aromatic nitrogens is 1. The van der Waals surface area contributed by atoms with Gasteiger partial charge in [0, 0.05) is 17.4 Å². The molecule has 0 bridgehead atoms. The molecular formula is C13H13ClN4O3S. The average molecular weight is 341 g/mol. The van der Waals surface area contributed by atoms with Crippen molar-refractivity contribution in [1.29, 1.82) is 0 Å². The van der Waals surface area contributed by atoms with Crippen LogP contribution in [0.4, 0.5) is 11.5 Å². The van der Waals surface area contributed by atoms with Crippen molar-refractivity contribution in [1.82, 2.24) is 4.98 Å². The zero-order chi connectivity index (χ0) is 15.0. The molecule has 2 aromatic rings. The second-order valence-corrected chi connectivity index (χ2v) is 5.93. The van der Waals surface area contributed by atoms with Crippen LogP contribution in [0.15, 0.2) is 36.5 Å². The maximum absolute atomic E-state index is 11.5. The number of halogens is 1. The smallest absolute Gasteiger partial charge is 0.296 e. The van der Waals surface area contributed by atoms with Crippen molar-refractivity contribution >= 4 is 40.0 Å². The Balaban J connectivity index is 0.00000176. The molecular weight excluding hydrogens is 328 g/mol. The number of anilines is 2. The Labute approximate surface area is 133 Å². The van der Waals surface area contributed by atoms with Gasteiger partial charge >= 0.3 is 0 Å². The molecule has 1 aromatic heterocycles. The van der Waals surface area contributed by atoms with Crippen LogP contribution in [0.5, 0.6) is 0 Å². The normalized spacial score (nSPS) is 13.0. The van der Waals surface area contributed by atoms with Crippen molar-refractivity contribution in [3.8, 4) is 11.1 Å². The summed E-state index contributed by atoms with van der Waals surface area (Å²) in [6.45, 7) is 0. The van der Waals surface area contributed by atoms with Gasteiger partial charge in [0.05, 0.1) is 6.42 Å². The molecule has 0 radical (unpaired) electrons. The topological polar surface area (TPSA) is 114 Å². The Morgan fingerprint density at radius 2 is 1.86 bits per heavy atom. The van der Waals surface area contributed by atoms with Gasteiger partial charge in [0.25, 0.3) is 10.2 Å². The molecule has 1 amide bonds. The van der Waals surface area contributed by atoms with E-state index in [1.807, 2.05) is 6.07 Å². The van der Waals surface area contributed by atoms with Crippen molar-refractivity contribution in [2.24, 2.45) is 5.14 Å². The molecule has 116 valence electrons. The third-order valence-corrected chi connectivity index (χ3v) is 3.63. The summed E-state index contributed by atoms with van der Waals surface area (Å²) >= 11 is 0. The largest absolute Gasteiger partial charge is 0.310 e. The lowest BCUT2D eigenvalue weighted by Crippen LogP contribution is -2.21. The molecule has 0 aliphatic carbocycles. The van der Waals surface area contributed by atoms with Gasteiger partial charge in [-0.25, -0.2) is 10.1 Å². The highest BCUT2D eigenvalue weighted by Gasteiger charge is 2.22. The summed E-state index contributed by atoms with van der Waals surface area (Å²) in [6.07, 6.45) is 1.91. The molecule has 1 aliphatic rings. The fourth-order valence-corrected chi connectivity index (χ4v) is 2.73. The van der Waals surface area contributed by atoms with E-state index in [4.69, 9.17) is 5.14 Å². The highest BCUT2D eigenvalue weighted by atomic mass is 35.5. The predicted octanol–water partition coefficient (Wildman–Crippen LogP) is 1.28. The molecule has 0 saturated heterocycles. The highest BCUT2D eigenvalue weighted by molar-refractivity contribution is 7.90. The monoisotopic (exact) mass is 340 g/mol. The number of benzene rings is 1. The third-order valence-electron chi connectivity index (χ3n) is 3.11. The Hall–Kier alpha value is -2.16. The molecule has 0 saturated carbocycles. The maximum Gasteiger partial charge on any atom is 0.296 e. The Morgan fingerprint density at radius 3 is 2.50 bits per heavy atom. The lowest BCUT2D eigenvalue weighted by Gasteiger charge is -2.08. The molecule has 4 N–H and O–H groups in total. The number of pyridine rings is 1. The van der Waals surface area contributed by atoms with E-state index in [0.717, 1.165) is 16.7 Å². The van der Waals surface area contributed by atoms with Crippen molar-refractivity contribution in [2.75, 3.05) is 10.0 Å². The minimum absolute atomic E-state index is 0. The summed E-state index contributed by atoms with van der Waals surface area (Å²) < 4.78 is 24.1. The lowest BCUT2D eigenvalue weighted by atomic mass is 10.00. The fourth-order valence-electron chi connectivity index (χ4n) is 2.27. The standard InChI is InChI=1S/C13H12N4O3S.ClH/c14-21(19,20)17-9-3-1-8(2-4-9)10-5-6-15-13-11(10)7-12(18)16-13;/h1-6,17H,7H2,(H2,14,19,20)(H,15,16,18);1H. The highest BCUT2D eigenvalue weighted by Crippen LogP contribution is 2.32. The van der Waals surface area contributed by atoms with E-state index < -0.39 is 10.2 Å². The van der Waals surface area contributed by atoms with Crippen LogP contribution in [0.3, 0.4) is 0 Å². The van der Waals surface area contributed by atoms with Crippen LogP contribution >= 0.6 is 12.4 Å². The van der Waals surface area contributed by atoms with Crippen LogP contribution < -0.4 is 15.2 Å². The molecule has 3 rings (SSSR count). The Kier molecular flexibility index (Phi) is 4.36. The summed E-state index contributed by atoms with van der Waals surface area (Å²) in [6, 6.07) is 8.55. The van der Waals surface area contributed by atoms with E-state index in [9.17, 15) is 13.2 Å². The Bertz CT molecular complexity index is 822. The van der Waals surface area contributed by atoms with E-state index >= 15 is 0 Å². The van der Waals surface area contributed by atoms with E-state index in [2.05, 4.69) is 15.0 Å². The van der Waals surface area contributed by atoms with Gasteiger partial charge in [-0.2, -0.15) is 8.42 Å². The quantitative estimate of drug-likeness (QED) is 0.780. The number of amides is 1. The van der Waals surface area contributed by atoms with Gasteiger partial charge in [0.2, 0.25) is 5.91 Å². The van der Waals surface area contributed by atoms with E-state index in [1.165, 1.54) is 0 Å². The summed E-state index contributed by atoms with van der Waals surface area (Å²) in [5.41, 5.74) is 2.97. The molecule has 0 fully saturated rings. The van der Waals surface area contributed by atoms with Gasteiger partial charge in [-0.15, -0.1) is 12.4 Å². The van der Waals surface area contributed by atoms with Gasteiger partial charge in [-0.3, -0.25) is 9.52 Å². The van der Waals surface area contributed by atoms with Crippen molar-refractivity contribution in [3.05, 3.63) is 42.1 Å². The summed E-state index contributed by atoms with van der Waals surface area (Å²) in [5, 5.41) is 7.60. The minimum atomic E-state index is -3.79. The molecule has 9 heteroatoms. The van der Waals surface area contributed by atoms with Crippen molar-refractivity contribution in [3.63, 3.8) is 0 Å². The van der Waals surface area contributed by atoms with Gasteiger partial charge in [-0.1, -0.05) is 12.1 Å². The summed E-state index contributed by atoms with van der Waals surface area (Å²) in [7, 11) is -3.79. The number of carbonyl (C=O) groups excluding carboxylic acids is 1. The number of rotatable bonds is 3. The van der Waals surface area contributed by atoms with Crippen molar-refractivity contribution < 1.29 is 13.2 Å². The first-order valence-corrected chi connectivity index (χ1v) is 7.66. The molecule has 0 spiro atoms. The van der Waals surface area contributed by atoms with Crippen LogP contribution in [0, 0.1) is 0 Å². The fraction of sp³-hybridized carbons (Fsp3) is 0.0769. The number of hydrogen-bond acceptors (Lipinski definition) is 4. The number of carbonyl (C=O) groups is 1. The number of nitrogens with two attached hydrogens (primary N) is 1. The second kappa shape index (κ2) is 5.91. The van der Waals surface area contributed by atoms with Gasteiger partial charge in [-0.05, 0) is 29.3 Å². The zero-order valence-electron chi connectivity index (χ0n) is 11.2. The maximum atomic E-state index is 11.5. The summed E-state index contributed by atoms with van der Waals surface area (Å²) in [4.78, 5) is 15.6. The molecule has 0 atom stereocenters. The predicted molar refractivity (Wildman–Crippen MR) is 86.0 cm³/mol. The van der Waals surface area contributed by atoms with Gasteiger partial charge in [0.1, 0.15) is 5.82 Å². The van der Waals surface area contributed by atoms with Crippen LogP contribution in [0.2, 0.25) is 0 Å². The van der Waals surface area contributed by atoms with Crippen LogP contribution in [-0.4, -0.2) is 19.3 Å². The van der Waals surface area contributed by atoms with Gasteiger partial charge in [0.15, 0.2) is 0 Å². The van der Waals surface area contributed by atoms with E-state index in [0.29, 0.717) is 11.5 Å². The van der Waals surface area contributed by atoms with Crippen molar-refractivity contribution in [2.45, 2.75) is 6.42 Å². The molecule has 1 aliphatic heterocycles. The third kappa shape index (κ3) is 3.35. The molecule has 2 heterocycles. The zero-order valence-corrected chi connectivity index (χ0v) is 12.9.